The molecule has 0 saturated carbocycles. The zero-order chi connectivity index (χ0) is 15.0. The Balaban J connectivity index is 2.60. The maximum atomic E-state index is 11.4. The second-order valence-corrected chi connectivity index (χ2v) is 4.54. The number of anilines is 1. The van der Waals surface area contributed by atoms with Crippen molar-refractivity contribution in [1.82, 2.24) is 0 Å². The van der Waals surface area contributed by atoms with Crippen LogP contribution < -0.4 is 5.32 Å². The van der Waals surface area contributed by atoms with Crippen molar-refractivity contribution in [2.75, 3.05) is 11.9 Å². The van der Waals surface area contributed by atoms with Crippen molar-refractivity contribution in [3.05, 3.63) is 29.3 Å². The lowest BCUT2D eigenvalue weighted by molar-refractivity contribution is -0.137. The molecule has 1 amide bonds. The Labute approximate surface area is 118 Å². The minimum Gasteiger partial charge on any atom is -0.481 e. The zero-order valence-electron chi connectivity index (χ0n) is 11.9. The molecule has 0 unspecified atom stereocenters. The normalized spacial score (nSPS) is 10.1. The van der Waals surface area contributed by atoms with E-state index in [-0.39, 0.29) is 6.42 Å². The van der Waals surface area contributed by atoms with E-state index in [1.54, 1.807) is 6.92 Å². The fraction of sp³-hybridized carbons (Fsp3) is 0.467. The average Bonchev–Trinajstić information content (AvgIpc) is 2.38. The highest BCUT2D eigenvalue weighted by molar-refractivity contribution is 5.85. The Morgan fingerprint density at radius 3 is 2.70 bits per heavy atom. The first-order valence-electron chi connectivity index (χ1n) is 6.78. The maximum absolute atomic E-state index is 11.4. The lowest BCUT2D eigenvalue weighted by Crippen LogP contribution is -2.14. The predicted molar refractivity (Wildman–Crippen MR) is 77.0 cm³/mol. The number of hydrogen-bond acceptors (Lipinski definition) is 3. The lowest BCUT2D eigenvalue weighted by Gasteiger charge is -2.12. The highest BCUT2D eigenvalue weighted by Gasteiger charge is 2.08. The van der Waals surface area contributed by atoms with Gasteiger partial charge in [-0.3, -0.25) is 10.1 Å². The van der Waals surface area contributed by atoms with Crippen LogP contribution in [0.4, 0.5) is 10.5 Å². The molecule has 0 saturated heterocycles. The molecule has 1 rings (SSSR count). The van der Waals surface area contributed by atoms with Crippen molar-refractivity contribution in [3.8, 4) is 0 Å². The summed E-state index contributed by atoms with van der Waals surface area (Å²) in [5.41, 5.74) is 2.85. The molecule has 0 aliphatic heterocycles. The van der Waals surface area contributed by atoms with E-state index >= 15 is 0 Å². The lowest BCUT2D eigenvalue weighted by atomic mass is 10.0. The predicted octanol–water partition coefficient (Wildman–Crippen LogP) is 3.36. The van der Waals surface area contributed by atoms with E-state index in [4.69, 9.17) is 9.84 Å². The van der Waals surface area contributed by atoms with E-state index in [0.29, 0.717) is 13.0 Å². The number of benzene rings is 1. The average molecular weight is 279 g/mol. The number of hydrogen-bond donors (Lipinski definition) is 2. The number of ether oxygens (including phenoxy) is 1. The summed E-state index contributed by atoms with van der Waals surface area (Å²) in [6.07, 6.45) is 2.01. The number of nitrogens with one attached hydrogen (secondary N) is 1. The van der Waals surface area contributed by atoms with Gasteiger partial charge >= 0.3 is 12.1 Å². The third-order valence-corrected chi connectivity index (χ3v) is 3.04. The van der Waals surface area contributed by atoms with Crippen LogP contribution >= 0.6 is 0 Å². The molecule has 20 heavy (non-hydrogen) atoms. The SMILES string of the molecule is CCOC(=O)Nc1cccc(CCCCC(=O)O)c1C. The molecule has 0 spiro atoms. The quantitative estimate of drug-likeness (QED) is 0.750. The van der Waals surface area contributed by atoms with Crippen LogP contribution in [-0.4, -0.2) is 23.8 Å². The molecular weight excluding hydrogens is 258 g/mol. The third kappa shape index (κ3) is 5.30. The third-order valence-electron chi connectivity index (χ3n) is 3.04. The molecule has 0 heterocycles. The summed E-state index contributed by atoms with van der Waals surface area (Å²) < 4.78 is 4.85. The number of aryl methyl sites for hydroxylation is 1. The topological polar surface area (TPSA) is 75.6 Å². The van der Waals surface area contributed by atoms with Crippen LogP contribution in [0.2, 0.25) is 0 Å². The highest BCUT2D eigenvalue weighted by atomic mass is 16.5. The minimum absolute atomic E-state index is 0.194. The van der Waals surface area contributed by atoms with Crippen molar-refractivity contribution in [2.45, 2.75) is 39.5 Å². The first kappa shape index (κ1) is 16.0. The molecule has 0 aliphatic carbocycles. The molecule has 2 N–H and O–H groups in total. The number of carbonyl (C=O) groups is 2. The van der Waals surface area contributed by atoms with E-state index in [0.717, 1.165) is 29.7 Å². The van der Waals surface area contributed by atoms with E-state index in [9.17, 15) is 9.59 Å². The first-order valence-corrected chi connectivity index (χ1v) is 6.78. The number of rotatable bonds is 7. The summed E-state index contributed by atoms with van der Waals surface area (Å²) in [5, 5.41) is 11.3. The van der Waals surface area contributed by atoms with E-state index in [1.807, 2.05) is 25.1 Å². The molecular formula is C15H21NO4. The van der Waals surface area contributed by atoms with Crippen molar-refractivity contribution < 1.29 is 19.4 Å². The van der Waals surface area contributed by atoms with Crippen LogP contribution in [0.3, 0.4) is 0 Å². The van der Waals surface area contributed by atoms with Crippen LogP contribution in [-0.2, 0) is 16.0 Å². The van der Waals surface area contributed by atoms with Crippen LogP contribution in [0.15, 0.2) is 18.2 Å². The second kappa shape index (κ2) is 8.19. The minimum atomic E-state index is -0.764. The monoisotopic (exact) mass is 279 g/mol. The van der Waals surface area contributed by atoms with Crippen molar-refractivity contribution >= 4 is 17.7 Å². The molecule has 1 aromatic carbocycles. The molecule has 5 nitrogen and oxygen atoms in total. The van der Waals surface area contributed by atoms with Crippen LogP contribution in [0.1, 0.15) is 37.3 Å². The molecule has 110 valence electrons. The molecule has 1 aromatic rings. The number of amides is 1. The zero-order valence-corrected chi connectivity index (χ0v) is 11.9. The fourth-order valence-electron chi connectivity index (χ4n) is 1.96. The van der Waals surface area contributed by atoms with Gasteiger partial charge in [0.15, 0.2) is 0 Å². The summed E-state index contributed by atoms with van der Waals surface area (Å²) in [6.45, 7) is 4.03. The van der Waals surface area contributed by atoms with Gasteiger partial charge in [-0.2, -0.15) is 0 Å². The van der Waals surface area contributed by atoms with Crippen molar-refractivity contribution in [2.24, 2.45) is 0 Å². The Morgan fingerprint density at radius 1 is 1.30 bits per heavy atom. The number of carboxylic acids is 1. The Morgan fingerprint density at radius 2 is 2.05 bits per heavy atom. The van der Waals surface area contributed by atoms with Gasteiger partial charge in [-0.1, -0.05) is 12.1 Å². The number of aliphatic carboxylic acids is 1. The Kier molecular flexibility index (Phi) is 6.56. The molecule has 0 atom stereocenters. The van der Waals surface area contributed by atoms with Gasteiger partial charge in [0.25, 0.3) is 0 Å². The number of unbranched alkanes of at least 4 members (excludes halogenated alkanes) is 1. The molecule has 0 radical (unpaired) electrons. The van der Waals surface area contributed by atoms with Crippen molar-refractivity contribution in [3.63, 3.8) is 0 Å². The number of carbonyl (C=O) groups excluding carboxylic acids is 1. The van der Waals surface area contributed by atoms with Gasteiger partial charge in [0.05, 0.1) is 6.61 Å². The van der Waals surface area contributed by atoms with E-state index in [2.05, 4.69) is 5.32 Å². The van der Waals surface area contributed by atoms with Gasteiger partial charge in [0.1, 0.15) is 0 Å². The van der Waals surface area contributed by atoms with Crippen LogP contribution in [0.25, 0.3) is 0 Å². The summed E-state index contributed by atoms with van der Waals surface area (Å²) in [7, 11) is 0. The molecule has 5 heteroatoms. The van der Waals surface area contributed by atoms with E-state index in [1.165, 1.54) is 0 Å². The smallest absolute Gasteiger partial charge is 0.411 e. The standard InChI is InChI=1S/C15H21NO4/c1-3-20-15(19)16-13-9-6-8-12(11(13)2)7-4-5-10-14(17)18/h6,8-9H,3-5,7,10H2,1-2H3,(H,16,19)(H,17,18). The molecule has 0 aromatic heterocycles. The first-order chi connectivity index (χ1) is 9.54. The van der Waals surface area contributed by atoms with Gasteiger partial charge < -0.3 is 9.84 Å². The molecule has 0 bridgehead atoms. The van der Waals surface area contributed by atoms with Gasteiger partial charge in [-0.15, -0.1) is 0 Å². The largest absolute Gasteiger partial charge is 0.481 e. The maximum Gasteiger partial charge on any atom is 0.411 e. The van der Waals surface area contributed by atoms with Gasteiger partial charge in [-0.25, -0.2) is 4.79 Å². The van der Waals surface area contributed by atoms with E-state index < -0.39 is 12.1 Å². The molecule has 0 aliphatic rings. The van der Waals surface area contributed by atoms with Crippen molar-refractivity contribution in [1.29, 1.82) is 0 Å². The van der Waals surface area contributed by atoms with Gasteiger partial charge in [-0.05, 0) is 50.3 Å². The Bertz CT molecular complexity index is 471. The summed E-state index contributed by atoms with van der Waals surface area (Å²) in [6, 6.07) is 5.69. The van der Waals surface area contributed by atoms with Gasteiger partial charge in [0, 0.05) is 12.1 Å². The summed E-state index contributed by atoms with van der Waals surface area (Å²) >= 11 is 0. The summed E-state index contributed by atoms with van der Waals surface area (Å²) in [4.78, 5) is 21.9. The van der Waals surface area contributed by atoms with Crippen LogP contribution in [0.5, 0.6) is 0 Å². The Hall–Kier alpha value is -2.04. The van der Waals surface area contributed by atoms with Gasteiger partial charge in [0.2, 0.25) is 0 Å². The molecule has 0 fully saturated rings. The van der Waals surface area contributed by atoms with Crippen LogP contribution in [0, 0.1) is 6.92 Å². The second-order valence-electron chi connectivity index (χ2n) is 4.54. The fourth-order valence-corrected chi connectivity index (χ4v) is 1.96. The number of carboxylic acid groups (broad SMARTS) is 1. The summed E-state index contributed by atoms with van der Waals surface area (Å²) in [5.74, 6) is -0.764. The highest BCUT2D eigenvalue weighted by Crippen LogP contribution is 2.21.